The topological polar surface area (TPSA) is 60.5 Å². The number of rotatable bonds is 9. The van der Waals surface area contributed by atoms with Crippen molar-refractivity contribution in [2.75, 3.05) is 19.0 Å². The monoisotopic (exact) mass is 374 g/mol. The highest BCUT2D eigenvalue weighted by Crippen LogP contribution is 2.29. The normalized spacial score (nSPS) is 10.9. The van der Waals surface area contributed by atoms with Gasteiger partial charge in [0, 0.05) is 11.0 Å². The molecule has 1 aromatic heterocycles. The van der Waals surface area contributed by atoms with Crippen LogP contribution in [0.15, 0.2) is 24.3 Å². The lowest BCUT2D eigenvalue weighted by molar-refractivity contribution is -0.111. The van der Waals surface area contributed by atoms with Crippen LogP contribution in [0.2, 0.25) is 0 Å². The molecule has 0 aliphatic rings. The lowest BCUT2D eigenvalue weighted by Crippen LogP contribution is -2.07. The van der Waals surface area contributed by atoms with Crippen molar-refractivity contribution in [1.82, 2.24) is 4.98 Å². The quantitative estimate of drug-likeness (QED) is 0.496. The van der Waals surface area contributed by atoms with Crippen LogP contribution in [0.25, 0.3) is 6.08 Å². The molecule has 0 bridgehead atoms. The fraction of sp³-hybridized carbons (Fsp3) is 0.400. The highest BCUT2D eigenvalue weighted by Gasteiger charge is 2.07. The number of methoxy groups -OCH3 is 1. The number of nitrogens with one attached hydrogen (secondary N) is 1. The minimum Gasteiger partial charge on any atom is -0.493 e. The molecule has 0 fully saturated rings. The summed E-state index contributed by atoms with van der Waals surface area (Å²) in [6, 6.07) is 5.63. The Hall–Kier alpha value is -2.34. The number of aromatic nitrogens is 1. The number of carbonyl (C=O) groups is 1. The van der Waals surface area contributed by atoms with Crippen LogP contribution in [0.1, 0.15) is 42.3 Å². The number of ether oxygens (including phenoxy) is 2. The first-order chi connectivity index (χ1) is 12.5. The van der Waals surface area contributed by atoms with Gasteiger partial charge in [0.1, 0.15) is 0 Å². The van der Waals surface area contributed by atoms with Gasteiger partial charge in [0.2, 0.25) is 5.91 Å². The molecule has 0 saturated heterocycles. The fourth-order valence-corrected chi connectivity index (χ4v) is 3.10. The number of nitrogens with zero attached hydrogens (tertiary/aromatic N) is 1. The van der Waals surface area contributed by atoms with Crippen molar-refractivity contribution in [1.29, 1.82) is 0 Å². The third-order valence-corrected chi connectivity index (χ3v) is 4.87. The average Bonchev–Trinajstić information content (AvgIpc) is 2.94. The standard InChI is InChI=1S/C20H26N2O3S/c1-5-6-7-12-25-17-10-8-16(13-18(17)24-4)9-11-19(23)22-20-21-14(2)15(3)26-20/h8-11,13H,5-7,12H2,1-4H3,(H,21,22,23). The van der Waals surface area contributed by atoms with Crippen molar-refractivity contribution in [2.45, 2.75) is 40.0 Å². The van der Waals surface area contributed by atoms with E-state index >= 15 is 0 Å². The molecule has 2 rings (SSSR count). The van der Waals surface area contributed by atoms with Crippen molar-refractivity contribution in [2.24, 2.45) is 0 Å². The van der Waals surface area contributed by atoms with Crippen molar-refractivity contribution < 1.29 is 14.3 Å². The van der Waals surface area contributed by atoms with Crippen LogP contribution in [0.5, 0.6) is 11.5 Å². The molecule has 0 aliphatic heterocycles. The lowest BCUT2D eigenvalue weighted by atomic mass is 10.2. The third-order valence-electron chi connectivity index (χ3n) is 3.88. The van der Waals surface area contributed by atoms with Gasteiger partial charge in [-0.3, -0.25) is 10.1 Å². The number of thiazole rings is 1. The highest BCUT2D eigenvalue weighted by molar-refractivity contribution is 7.15. The number of benzene rings is 1. The van der Waals surface area contributed by atoms with Crippen molar-refractivity contribution in [3.63, 3.8) is 0 Å². The number of amides is 1. The van der Waals surface area contributed by atoms with Gasteiger partial charge >= 0.3 is 0 Å². The molecule has 1 heterocycles. The van der Waals surface area contributed by atoms with E-state index in [2.05, 4.69) is 17.2 Å². The Morgan fingerprint density at radius 3 is 2.73 bits per heavy atom. The predicted octanol–water partition coefficient (Wildman–Crippen LogP) is 4.99. The molecule has 26 heavy (non-hydrogen) atoms. The van der Waals surface area contributed by atoms with Gasteiger partial charge in [-0.05, 0) is 44.0 Å². The van der Waals surface area contributed by atoms with Gasteiger partial charge < -0.3 is 9.47 Å². The first-order valence-corrected chi connectivity index (χ1v) is 9.59. The smallest absolute Gasteiger partial charge is 0.250 e. The Morgan fingerprint density at radius 2 is 2.08 bits per heavy atom. The number of hydrogen-bond donors (Lipinski definition) is 1. The van der Waals surface area contributed by atoms with E-state index in [-0.39, 0.29) is 5.91 Å². The molecule has 2 aromatic rings. The molecule has 140 valence electrons. The zero-order valence-corrected chi connectivity index (χ0v) is 16.6. The van der Waals surface area contributed by atoms with Crippen LogP contribution < -0.4 is 14.8 Å². The number of hydrogen-bond acceptors (Lipinski definition) is 5. The second-order valence-electron chi connectivity index (χ2n) is 5.95. The number of aryl methyl sites for hydroxylation is 2. The maximum Gasteiger partial charge on any atom is 0.250 e. The molecule has 1 amide bonds. The van der Waals surface area contributed by atoms with E-state index in [4.69, 9.17) is 9.47 Å². The summed E-state index contributed by atoms with van der Waals surface area (Å²) in [6.45, 7) is 6.75. The molecule has 1 N–H and O–H groups in total. The average molecular weight is 375 g/mol. The maximum absolute atomic E-state index is 12.0. The second kappa shape index (κ2) is 9.97. The molecule has 1 aromatic carbocycles. The van der Waals surface area contributed by atoms with Gasteiger partial charge in [-0.25, -0.2) is 4.98 Å². The zero-order chi connectivity index (χ0) is 18.9. The van der Waals surface area contributed by atoms with E-state index in [9.17, 15) is 4.79 Å². The van der Waals surface area contributed by atoms with Gasteiger partial charge in [0.05, 0.1) is 19.4 Å². The number of carbonyl (C=O) groups excluding carboxylic acids is 1. The van der Waals surface area contributed by atoms with Gasteiger partial charge in [0.15, 0.2) is 16.6 Å². The van der Waals surface area contributed by atoms with E-state index in [1.807, 2.05) is 32.0 Å². The Balaban J connectivity index is 1.97. The summed E-state index contributed by atoms with van der Waals surface area (Å²) < 4.78 is 11.2. The Morgan fingerprint density at radius 1 is 1.27 bits per heavy atom. The van der Waals surface area contributed by atoms with Gasteiger partial charge in [-0.1, -0.05) is 25.8 Å². The van der Waals surface area contributed by atoms with Crippen molar-refractivity contribution >= 4 is 28.5 Å². The largest absolute Gasteiger partial charge is 0.493 e. The lowest BCUT2D eigenvalue weighted by Gasteiger charge is -2.11. The predicted molar refractivity (Wildman–Crippen MR) is 107 cm³/mol. The third kappa shape index (κ3) is 5.88. The van der Waals surface area contributed by atoms with Crippen molar-refractivity contribution in [3.05, 3.63) is 40.4 Å². The minimum atomic E-state index is -0.211. The molecular weight excluding hydrogens is 348 g/mol. The summed E-state index contributed by atoms with van der Waals surface area (Å²) in [5.74, 6) is 1.17. The Kier molecular flexibility index (Phi) is 7.66. The van der Waals surface area contributed by atoms with Crippen molar-refractivity contribution in [3.8, 4) is 11.5 Å². The highest BCUT2D eigenvalue weighted by atomic mass is 32.1. The van der Waals surface area contributed by atoms with Crippen LogP contribution in [0, 0.1) is 13.8 Å². The van der Waals surface area contributed by atoms with Crippen LogP contribution >= 0.6 is 11.3 Å². The summed E-state index contributed by atoms with van der Waals surface area (Å²) in [7, 11) is 1.61. The first-order valence-electron chi connectivity index (χ1n) is 8.77. The molecule has 0 radical (unpaired) electrons. The molecular formula is C20H26N2O3S. The Bertz CT molecular complexity index is 749. The summed E-state index contributed by atoms with van der Waals surface area (Å²) in [5.41, 5.74) is 1.80. The summed E-state index contributed by atoms with van der Waals surface area (Å²) in [6.07, 6.45) is 6.56. The fourth-order valence-electron chi connectivity index (χ4n) is 2.29. The van der Waals surface area contributed by atoms with E-state index in [0.29, 0.717) is 17.5 Å². The molecule has 0 unspecified atom stereocenters. The van der Waals surface area contributed by atoms with E-state index in [1.165, 1.54) is 17.4 Å². The first kappa shape index (κ1) is 20.0. The van der Waals surface area contributed by atoms with Crippen LogP contribution in [0.3, 0.4) is 0 Å². The van der Waals surface area contributed by atoms with Crippen LogP contribution in [0.4, 0.5) is 5.13 Å². The van der Waals surface area contributed by atoms with Gasteiger partial charge in [0.25, 0.3) is 0 Å². The summed E-state index contributed by atoms with van der Waals surface area (Å²) >= 11 is 1.47. The minimum absolute atomic E-state index is 0.211. The van der Waals surface area contributed by atoms with E-state index in [0.717, 1.165) is 41.1 Å². The van der Waals surface area contributed by atoms with Gasteiger partial charge in [-0.2, -0.15) is 0 Å². The maximum atomic E-state index is 12.0. The molecule has 0 atom stereocenters. The second-order valence-corrected chi connectivity index (χ2v) is 7.15. The van der Waals surface area contributed by atoms with E-state index < -0.39 is 0 Å². The Labute approximate surface area is 159 Å². The molecule has 0 saturated carbocycles. The summed E-state index contributed by atoms with van der Waals surface area (Å²) in [5, 5.41) is 3.39. The number of unbranched alkanes of at least 4 members (excludes halogenated alkanes) is 2. The molecule has 6 heteroatoms. The van der Waals surface area contributed by atoms with Crippen LogP contribution in [-0.2, 0) is 4.79 Å². The molecule has 0 aliphatic carbocycles. The van der Waals surface area contributed by atoms with E-state index in [1.54, 1.807) is 13.2 Å². The van der Waals surface area contributed by atoms with Gasteiger partial charge in [-0.15, -0.1) is 11.3 Å². The molecule has 5 nitrogen and oxygen atoms in total. The SMILES string of the molecule is CCCCCOc1ccc(C=CC(=O)Nc2nc(C)c(C)s2)cc1OC. The summed E-state index contributed by atoms with van der Waals surface area (Å²) in [4.78, 5) is 17.4. The molecule has 0 spiro atoms. The number of anilines is 1. The van der Waals surface area contributed by atoms with Crippen LogP contribution in [-0.4, -0.2) is 24.6 Å². The zero-order valence-electron chi connectivity index (χ0n) is 15.8.